The minimum absolute atomic E-state index is 0.0690. The molecule has 4 aromatic carbocycles. The van der Waals surface area contributed by atoms with E-state index in [0.29, 0.717) is 36.4 Å². The van der Waals surface area contributed by atoms with E-state index in [4.69, 9.17) is 14.5 Å². The van der Waals surface area contributed by atoms with Crippen molar-refractivity contribution in [3.8, 4) is 17.2 Å². The Morgan fingerprint density at radius 1 is 0.857 bits per heavy atom. The second-order valence-electron chi connectivity index (χ2n) is 9.57. The van der Waals surface area contributed by atoms with Gasteiger partial charge in [0, 0.05) is 28.9 Å². The number of anilines is 4. The first kappa shape index (κ1) is 26.6. The highest BCUT2D eigenvalue weighted by Gasteiger charge is 2.17. The lowest BCUT2D eigenvalue weighted by atomic mass is 10.1. The number of aromatic nitrogens is 5. The Morgan fingerprint density at radius 3 is 2.36 bits per heavy atom. The zero-order valence-electron chi connectivity index (χ0n) is 23.2. The molecule has 0 unspecified atom stereocenters. The van der Waals surface area contributed by atoms with Crippen LogP contribution in [0.2, 0.25) is 0 Å². The number of nitrogens with zero attached hydrogens (tertiary/aromatic N) is 6. The van der Waals surface area contributed by atoms with Gasteiger partial charge in [-0.1, -0.05) is 60.7 Å². The van der Waals surface area contributed by atoms with Gasteiger partial charge in [-0.15, -0.1) is 0 Å². The Balaban J connectivity index is 1.34. The molecule has 0 aliphatic carbocycles. The summed E-state index contributed by atoms with van der Waals surface area (Å²) in [5.41, 5.74) is 4.76. The number of hydrogen-bond acceptors (Lipinski definition) is 9. The Hall–Kier alpha value is -5.64. The number of hydrogen-bond donors (Lipinski definition) is 2. The first-order valence-electron chi connectivity index (χ1n) is 13.3. The van der Waals surface area contributed by atoms with E-state index in [0.717, 1.165) is 22.2 Å². The van der Waals surface area contributed by atoms with Crippen molar-refractivity contribution in [1.82, 2.24) is 24.7 Å². The first-order chi connectivity index (χ1) is 20.6. The lowest BCUT2D eigenvalue weighted by molar-refractivity contribution is 0.333. The number of fused-ring (bicyclic) bond motifs is 1. The molecular formula is C32H29N7O3. The predicted molar refractivity (Wildman–Crippen MR) is 162 cm³/mol. The molecule has 0 saturated carbocycles. The molecule has 0 spiro atoms. The van der Waals surface area contributed by atoms with Crippen molar-refractivity contribution in [2.75, 3.05) is 24.4 Å². The molecule has 6 aromatic rings. The Kier molecular flexibility index (Phi) is 7.50. The molecular weight excluding hydrogens is 530 g/mol. The lowest BCUT2D eigenvalue weighted by Gasteiger charge is -2.23. The van der Waals surface area contributed by atoms with Crippen LogP contribution >= 0.6 is 0 Å². The van der Waals surface area contributed by atoms with Crippen LogP contribution in [-0.4, -0.2) is 44.1 Å². The van der Waals surface area contributed by atoms with E-state index in [9.17, 15) is 5.11 Å². The zero-order chi connectivity index (χ0) is 28.9. The van der Waals surface area contributed by atoms with Gasteiger partial charge in [-0.05, 0) is 29.3 Å². The van der Waals surface area contributed by atoms with Crippen molar-refractivity contribution in [2.45, 2.75) is 13.1 Å². The third-order valence-electron chi connectivity index (χ3n) is 6.81. The Morgan fingerprint density at radius 2 is 1.62 bits per heavy atom. The van der Waals surface area contributed by atoms with Gasteiger partial charge >= 0.3 is 0 Å². The van der Waals surface area contributed by atoms with Gasteiger partial charge in [0.25, 0.3) is 0 Å². The van der Waals surface area contributed by atoms with Crippen molar-refractivity contribution < 1.29 is 14.6 Å². The second-order valence-corrected chi connectivity index (χ2v) is 9.57. The first-order valence-corrected chi connectivity index (χ1v) is 13.3. The average Bonchev–Trinajstić information content (AvgIpc) is 3.42. The quantitative estimate of drug-likeness (QED) is 0.206. The van der Waals surface area contributed by atoms with E-state index in [2.05, 4.69) is 62.8 Å². The predicted octanol–water partition coefficient (Wildman–Crippen LogP) is 6.07. The van der Waals surface area contributed by atoms with E-state index < -0.39 is 0 Å². The van der Waals surface area contributed by atoms with Crippen LogP contribution < -0.4 is 19.7 Å². The van der Waals surface area contributed by atoms with Gasteiger partial charge in [0.05, 0.1) is 39.0 Å². The van der Waals surface area contributed by atoms with Crippen LogP contribution in [0.5, 0.6) is 17.2 Å². The number of ether oxygens (including phenoxy) is 2. The minimum Gasteiger partial charge on any atom is -0.504 e. The molecule has 0 aliphatic rings. The van der Waals surface area contributed by atoms with Gasteiger partial charge in [0.15, 0.2) is 11.5 Å². The molecule has 0 amide bonds. The number of benzene rings is 4. The number of nitrogens with one attached hydrogen (secondary N) is 1. The molecule has 42 heavy (non-hydrogen) atoms. The number of phenols is 1. The summed E-state index contributed by atoms with van der Waals surface area (Å²) >= 11 is 0. The van der Waals surface area contributed by atoms with E-state index in [1.165, 1.54) is 32.2 Å². The van der Waals surface area contributed by atoms with E-state index in [1.807, 2.05) is 52.2 Å². The second kappa shape index (κ2) is 11.8. The van der Waals surface area contributed by atoms with Gasteiger partial charge in [-0.3, -0.25) is 4.68 Å². The molecule has 210 valence electrons. The van der Waals surface area contributed by atoms with E-state index in [-0.39, 0.29) is 11.5 Å². The van der Waals surface area contributed by atoms with E-state index in [1.54, 1.807) is 6.07 Å². The fraction of sp³-hybridized carbons (Fsp3) is 0.125. The normalized spacial score (nSPS) is 10.9. The van der Waals surface area contributed by atoms with Gasteiger partial charge in [0.1, 0.15) is 6.33 Å². The fourth-order valence-corrected chi connectivity index (χ4v) is 4.79. The molecule has 10 heteroatoms. The maximum atomic E-state index is 10.4. The third-order valence-corrected chi connectivity index (χ3v) is 6.81. The summed E-state index contributed by atoms with van der Waals surface area (Å²) in [6.07, 6.45) is 3.34. The molecule has 0 aliphatic heterocycles. The van der Waals surface area contributed by atoms with Crippen LogP contribution in [0.3, 0.4) is 0 Å². The summed E-state index contributed by atoms with van der Waals surface area (Å²) in [5.74, 6) is 1.32. The molecule has 0 radical (unpaired) electrons. The van der Waals surface area contributed by atoms with Crippen LogP contribution in [0.15, 0.2) is 104 Å². The van der Waals surface area contributed by atoms with Gasteiger partial charge in [-0.25, -0.2) is 9.97 Å². The number of aromatic hydroxyl groups is 1. The molecule has 6 rings (SSSR count). The van der Waals surface area contributed by atoms with Crippen LogP contribution in [0, 0.1) is 0 Å². The van der Waals surface area contributed by atoms with Gasteiger partial charge in [0.2, 0.25) is 17.6 Å². The molecule has 0 bridgehead atoms. The molecule has 2 N–H and O–H groups in total. The molecule has 0 saturated heterocycles. The highest BCUT2D eigenvalue weighted by Crippen LogP contribution is 2.39. The van der Waals surface area contributed by atoms with Gasteiger partial charge in [-0.2, -0.15) is 10.1 Å². The van der Waals surface area contributed by atoms with Crippen molar-refractivity contribution in [3.05, 3.63) is 115 Å². The highest BCUT2D eigenvalue weighted by molar-refractivity contribution is 5.83. The number of methoxy groups -OCH3 is 2. The third kappa shape index (κ3) is 5.64. The molecule has 2 heterocycles. The molecule has 10 nitrogen and oxygen atoms in total. The van der Waals surface area contributed by atoms with Crippen molar-refractivity contribution in [2.24, 2.45) is 0 Å². The van der Waals surface area contributed by atoms with Gasteiger partial charge < -0.3 is 24.8 Å². The maximum Gasteiger partial charge on any atom is 0.235 e. The Bertz CT molecular complexity index is 1810. The van der Waals surface area contributed by atoms with Crippen LogP contribution in [-0.2, 0) is 13.1 Å². The smallest absolute Gasteiger partial charge is 0.235 e. The molecule has 2 aromatic heterocycles. The van der Waals surface area contributed by atoms with Crippen LogP contribution in [0.25, 0.3) is 10.9 Å². The summed E-state index contributed by atoms with van der Waals surface area (Å²) in [7, 11) is 2.97. The van der Waals surface area contributed by atoms with Crippen molar-refractivity contribution in [3.63, 3.8) is 0 Å². The van der Waals surface area contributed by atoms with Crippen molar-refractivity contribution >= 4 is 34.2 Å². The minimum atomic E-state index is -0.0690. The lowest BCUT2D eigenvalue weighted by Crippen LogP contribution is -2.20. The summed E-state index contributed by atoms with van der Waals surface area (Å²) in [5, 5.41) is 19.2. The largest absolute Gasteiger partial charge is 0.504 e. The summed E-state index contributed by atoms with van der Waals surface area (Å²) in [6.45, 7) is 1.22. The topological polar surface area (TPSA) is 110 Å². The van der Waals surface area contributed by atoms with Crippen LogP contribution in [0.4, 0.5) is 23.3 Å². The van der Waals surface area contributed by atoms with Crippen LogP contribution in [0.1, 0.15) is 11.1 Å². The summed E-state index contributed by atoms with van der Waals surface area (Å²) in [6, 6.07) is 29.9. The fourth-order valence-electron chi connectivity index (χ4n) is 4.79. The van der Waals surface area contributed by atoms with Crippen molar-refractivity contribution in [1.29, 1.82) is 0 Å². The average molecular weight is 560 g/mol. The highest BCUT2D eigenvalue weighted by atomic mass is 16.5. The summed E-state index contributed by atoms with van der Waals surface area (Å²) in [4.78, 5) is 15.6. The molecule has 0 fully saturated rings. The SMILES string of the molecule is COc1cc(Nc2ncnc(N(Cc3ccccc3)c3ccc4c(cnn4Cc4ccccc4)c3)n2)cc(O)c1OC. The molecule has 0 atom stereocenters. The standard InChI is InChI=1S/C32H29N7O3/c1-41-29-17-25(16-28(40)30(29)42-2)36-31-33-21-34-32(37-31)38(19-22-9-5-3-6-10-22)26-13-14-27-24(15-26)18-35-39(27)20-23-11-7-4-8-12-23/h3-18,21,40H,19-20H2,1-2H3,(H,33,34,36,37). The van der Waals surface area contributed by atoms with E-state index >= 15 is 0 Å². The zero-order valence-corrected chi connectivity index (χ0v) is 23.2. The number of rotatable bonds is 10. The number of phenolic OH excluding ortho intramolecular Hbond substituents is 1. The summed E-state index contributed by atoms with van der Waals surface area (Å²) < 4.78 is 12.6. The Labute approximate surface area is 242 Å². The monoisotopic (exact) mass is 559 g/mol. The maximum absolute atomic E-state index is 10.4.